The number of carbonyl (C=O) groups excluding carboxylic acids is 1. The number of hydrazone groups is 1. The van der Waals surface area contributed by atoms with Crippen LogP contribution in [0, 0.1) is 13.8 Å². The lowest BCUT2D eigenvalue weighted by Crippen LogP contribution is -2.17. The van der Waals surface area contributed by atoms with E-state index in [1.165, 1.54) is 19.3 Å². The first-order valence-electron chi connectivity index (χ1n) is 8.73. The number of hydrogen-bond acceptors (Lipinski definition) is 4. The molecule has 1 aromatic carbocycles. The molecule has 134 valence electrons. The highest BCUT2D eigenvalue weighted by molar-refractivity contribution is 5.95. The van der Waals surface area contributed by atoms with Gasteiger partial charge in [-0.05, 0) is 56.2 Å². The molecular formula is C20H26N2O3. The van der Waals surface area contributed by atoms with Gasteiger partial charge in [-0.2, -0.15) is 5.10 Å². The molecule has 0 unspecified atom stereocenters. The molecule has 0 bridgehead atoms. The molecule has 0 radical (unpaired) electrons. The molecule has 1 N–H and O–H groups in total. The van der Waals surface area contributed by atoms with E-state index in [-0.39, 0.29) is 5.91 Å². The van der Waals surface area contributed by atoms with Gasteiger partial charge in [-0.1, -0.05) is 26.2 Å². The average molecular weight is 342 g/mol. The minimum atomic E-state index is -0.280. The van der Waals surface area contributed by atoms with Crippen molar-refractivity contribution in [1.82, 2.24) is 5.43 Å². The first-order valence-corrected chi connectivity index (χ1v) is 8.73. The molecule has 5 nitrogen and oxygen atoms in total. The van der Waals surface area contributed by atoms with E-state index in [0.29, 0.717) is 17.1 Å². The van der Waals surface area contributed by atoms with Crippen LogP contribution < -0.4 is 10.2 Å². The van der Waals surface area contributed by atoms with Crippen LogP contribution in [0.4, 0.5) is 0 Å². The van der Waals surface area contributed by atoms with E-state index < -0.39 is 0 Å². The van der Waals surface area contributed by atoms with Gasteiger partial charge in [-0.15, -0.1) is 0 Å². The van der Waals surface area contributed by atoms with Crippen LogP contribution in [0.2, 0.25) is 0 Å². The number of unbranched alkanes of at least 4 members (excludes halogenated alkanes) is 3. The molecule has 2 rings (SSSR count). The number of carbonyl (C=O) groups is 1. The van der Waals surface area contributed by atoms with E-state index in [0.717, 1.165) is 24.3 Å². The second-order valence-electron chi connectivity index (χ2n) is 6.00. The molecule has 0 aliphatic heterocycles. The third kappa shape index (κ3) is 6.10. The van der Waals surface area contributed by atoms with Crippen molar-refractivity contribution in [1.29, 1.82) is 0 Å². The van der Waals surface area contributed by atoms with E-state index in [9.17, 15) is 4.79 Å². The predicted octanol–water partition coefficient (Wildman–Crippen LogP) is 4.62. The molecule has 0 aliphatic rings. The normalized spacial score (nSPS) is 11.0. The molecule has 0 aliphatic carbocycles. The highest BCUT2D eigenvalue weighted by Gasteiger charge is 2.12. The molecule has 0 fully saturated rings. The monoisotopic (exact) mass is 342 g/mol. The molecule has 1 aromatic heterocycles. The van der Waals surface area contributed by atoms with Crippen LogP contribution in [0.1, 0.15) is 60.0 Å². The maximum Gasteiger partial charge on any atom is 0.274 e. The van der Waals surface area contributed by atoms with Crippen molar-refractivity contribution in [2.24, 2.45) is 5.10 Å². The Balaban J connectivity index is 1.79. The summed E-state index contributed by atoms with van der Waals surface area (Å²) in [5, 5.41) is 3.99. The van der Waals surface area contributed by atoms with Gasteiger partial charge in [-0.3, -0.25) is 4.79 Å². The molecular weight excluding hydrogens is 316 g/mol. The van der Waals surface area contributed by atoms with Crippen LogP contribution in [0.15, 0.2) is 39.9 Å². The van der Waals surface area contributed by atoms with Crippen molar-refractivity contribution in [3.8, 4) is 5.75 Å². The van der Waals surface area contributed by atoms with Crippen LogP contribution in [0.25, 0.3) is 0 Å². The van der Waals surface area contributed by atoms with Gasteiger partial charge in [0, 0.05) is 0 Å². The van der Waals surface area contributed by atoms with Crippen molar-refractivity contribution in [3.05, 3.63) is 53.0 Å². The number of amides is 1. The molecule has 25 heavy (non-hydrogen) atoms. The highest BCUT2D eigenvalue weighted by Crippen LogP contribution is 2.14. The average Bonchev–Trinajstić information content (AvgIpc) is 2.94. The summed E-state index contributed by atoms with van der Waals surface area (Å²) in [7, 11) is 0. The Hall–Kier alpha value is -2.56. The molecule has 5 heteroatoms. The Labute approximate surface area is 149 Å². The zero-order chi connectivity index (χ0) is 18.1. The number of nitrogens with one attached hydrogen (secondary N) is 1. The fourth-order valence-corrected chi connectivity index (χ4v) is 2.45. The summed E-state index contributed by atoms with van der Waals surface area (Å²) in [5.41, 5.74) is 3.90. The van der Waals surface area contributed by atoms with Gasteiger partial charge in [0.25, 0.3) is 5.91 Å². The zero-order valence-electron chi connectivity index (χ0n) is 15.2. The minimum absolute atomic E-state index is 0.280. The Morgan fingerprint density at radius 1 is 1.20 bits per heavy atom. The van der Waals surface area contributed by atoms with Gasteiger partial charge in [0.15, 0.2) is 0 Å². The van der Waals surface area contributed by atoms with Crippen molar-refractivity contribution in [3.63, 3.8) is 0 Å². The zero-order valence-corrected chi connectivity index (χ0v) is 15.2. The van der Waals surface area contributed by atoms with Gasteiger partial charge in [0.05, 0.1) is 18.4 Å². The number of rotatable bonds is 9. The van der Waals surface area contributed by atoms with Crippen LogP contribution in [-0.4, -0.2) is 18.7 Å². The maximum absolute atomic E-state index is 12.0. The molecule has 1 heterocycles. The lowest BCUT2D eigenvalue weighted by atomic mass is 10.2. The second-order valence-corrected chi connectivity index (χ2v) is 6.00. The van der Waals surface area contributed by atoms with Gasteiger partial charge in [0.1, 0.15) is 17.3 Å². The molecule has 0 atom stereocenters. The summed E-state index contributed by atoms with van der Waals surface area (Å²) < 4.78 is 11.0. The number of aryl methyl sites for hydroxylation is 2. The SMILES string of the molecule is CCCCCCOc1ccc(C=NNC(=O)c2cc(C)oc2C)cc1. The lowest BCUT2D eigenvalue weighted by Gasteiger charge is -2.05. The lowest BCUT2D eigenvalue weighted by molar-refractivity contribution is 0.0953. The summed E-state index contributed by atoms with van der Waals surface area (Å²) in [6.07, 6.45) is 6.37. The topological polar surface area (TPSA) is 63.8 Å². The van der Waals surface area contributed by atoms with Gasteiger partial charge >= 0.3 is 0 Å². The summed E-state index contributed by atoms with van der Waals surface area (Å²) in [4.78, 5) is 12.0. The van der Waals surface area contributed by atoms with Crippen LogP contribution in [0.5, 0.6) is 5.75 Å². The summed E-state index contributed by atoms with van der Waals surface area (Å²) >= 11 is 0. The van der Waals surface area contributed by atoms with Crippen LogP contribution in [-0.2, 0) is 0 Å². The first kappa shape index (κ1) is 18.8. The third-order valence-corrected chi connectivity index (χ3v) is 3.81. The Morgan fingerprint density at radius 2 is 1.96 bits per heavy atom. The predicted molar refractivity (Wildman–Crippen MR) is 99.3 cm³/mol. The van der Waals surface area contributed by atoms with E-state index >= 15 is 0 Å². The quantitative estimate of drug-likeness (QED) is 0.411. The van der Waals surface area contributed by atoms with Crippen LogP contribution >= 0.6 is 0 Å². The number of nitrogens with zero attached hydrogens (tertiary/aromatic N) is 1. The number of ether oxygens (including phenoxy) is 1. The smallest absolute Gasteiger partial charge is 0.274 e. The van der Waals surface area contributed by atoms with Gasteiger partial charge in [-0.25, -0.2) is 5.43 Å². The van der Waals surface area contributed by atoms with Gasteiger partial charge < -0.3 is 9.15 Å². The molecule has 1 amide bonds. The minimum Gasteiger partial charge on any atom is -0.494 e. The first-order chi connectivity index (χ1) is 12.1. The number of hydrogen-bond donors (Lipinski definition) is 1. The summed E-state index contributed by atoms with van der Waals surface area (Å²) in [5.74, 6) is 1.86. The van der Waals surface area contributed by atoms with E-state index in [1.807, 2.05) is 24.3 Å². The molecule has 0 saturated carbocycles. The van der Waals surface area contributed by atoms with Crippen molar-refractivity contribution in [2.75, 3.05) is 6.61 Å². The Kier molecular flexibility index (Phi) is 7.26. The fourth-order valence-electron chi connectivity index (χ4n) is 2.45. The summed E-state index contributed by atoms with van der Waals surface area (Å²) in [6, 6.07) is 9.33. The molecule has 0 saturated heterocycles. The van der Waals surface area contributed by atoms with Crippen LogP contribution in [0.3, 0.4) is 0 Å². The maximum atomic E-state index is 12.0. The third-order valence-electron chi connectivity index (χ3n) is 3.81. The van der Waals surface area contributed by atoms with Crippen molar-refractivity contribution >= 4 is 12.1 Å². The number of furan rings is 1. The Morgan fingerprint density at radius 3 is 2.60 bits per heavy atom. The van der Waals surface area contributed by atoms with Crippen molar-refractivity contribution in [2.45, 2.75) is 46.5 Å². The van der Waals surface area contributed by atoms with Crippen molar-refractivity contribution < 1.29 is 13.9 Å². The molecule has 0 spiro atoms. The van der Waals surface area contributed by atoms with E-state index in [4.69, 9.17) is 9.15 Å². The van der Waals surface area contributed by atoms with E-state index in [2.05, 4.69) is 17.5 Å². The number of benzene rings is 1. The second kappa shape index (κ2) is 9.67. The highest BCUT2D eigenvalue weighted by atomic mass is 16.5. The standard InChI is InChI=1S/C20H26N2O3/c1-4-5-6-7-12-24-18-10-8-17(9-11-18)14-21-22-20(23)19-13-15(2)25-16(19)3/h8-11,13-14H,4-7,12H2,1-3H3,(H,22,23). The summed E-state index contributed by atoms with van der Waals surface area (Å²) in [6.45, 7) is 6.50. The fraction of sp³-hybridized carbons (Fsp3) is 0.400. The molecule has 2 aromatic rings. The largest absolute Gasteiger partial charge is 0.494 e. The van der Waals surface area contributed by atoms with Gasteiger partial charge in [0.2, 0.25) is 0 Å². The Bertz CT molecular complexity index is 702. The van der Waals surface area contributed by atoms with E-state index in [1.54, 1.807) is 26.1 Å².